The molecule has 1 heterocycles. The summed E-state index contributed by atoms with van der Waals surface area (Å²) in [6, 6.07) is 0.384. The van der Waals surface area contributed by atoms with E-state index in [1.165, 1.54) is 0 Å². The molecule has 0 radical (unpaired) electrons. The van der Waals surface area contributed by atoms with E-state index in [-0.39, 0.29) is 23.6 Å². The van der Waals surface area contributed by atoms with E-state index < -0.39 is 5.60 Å². The van der Waals surface area contributed by atoms with Gasteiger partial charge in [0, 0.05) is 25.2 Å². The molecule has 1 aliphatic rings. The fraction of sp³-hybridized carbons (Fsp3) is 0.933. The minimum absolute atomic E-state index is 0.177. The zero-order valence-corrected chi connectivity index (χ0v) is 13.5. The molecule has 1 amide bonds. The van der Waals surface area contributed by atoms with Gasteiger partial charge in [0.25, 0.3) is 0 Å². The summed E-state index contributed by atoms with van der Waals surface area (Å²) in [4.78, 5) is 14.3. The van der Waals surface area contributed by atoms with Crippen molar-refractivity contribution in [2.75, 3.05) is 13.1 Å². The molecule has 1 rings (SSSR count). The van der Waals surface area contributed by atoms with Crippen LogP contribution in [0.4, 0.5) is 4.79 Å². The molecule has 0 saturated carbocycles. The van der Waals surface area contributed by atoms with Gasteiger partial charge in [0.1, 0.15) is 5.60 Å². The van der Waals surface area contributed by atoms with E-state index in [1.807, 2.05) is 25.7 Å². The van der Waals surface area contributed by atoms with Crippen LogP contribution < -0.4 is 5.32 Å². The first-order valence-corrected chi connectivity index (χ1v) is 7.22. The van der Waals surface area contributed by atoms with Gasteiger partial charge in [0.15, 0.2) is 0 Å². The Hall–Kier alpha value is -0.770. The first-order valence-electron chi connectivity index (χ1n) is 7.22. The van der Waals surface area contributed by atoms with Crippen molar-refractivity contribution in [2.24, 2.45) is 5.41 Å². The molecule has 1 fully saturated rings. The largest absolute Gasteiger partial charge is 0.444 e. The van der Waals surface area contributed by atoms with Crippen molar-refractivity contribution in [3.05, 3.63) is 0 Å². The second-order valence-corrected chi connectivity index (χ2v) is 7.81. The molecule has 1 N–H and O–H groups in total. The van der Waals surface area contributed by atoms with Crippen LogP contribution in [0.3, 0.4) is 0 Å². The molecular formula is C15H30N2O2. The maximum Gasteiger partial charge on any atom is 0.410 e. The predicted molar refractivity (Wildman–Crippen MR) is 78.3 cm³/mol. The Labute approximate surface area is 117 Å². The zero-order chi connectivity index (χ0) is 14.8. The van der Waals surface area contributed by atoms with Crippen LogP contribution in [-0.4, -0.2) is 41.8 Å². The van der Waals surface area contributed by atoms with Crippen LogP contribution in [0, 0.1) is 5.41 Å². The molecule has 4 heteroatoms. The average molecular weight is 270 g/mol. The molecule has 112 valence electrons. The maximum absolute atomic E-state index is 12.4. The Morgan fingerprint density at radius 3 is 2.26 bits per heavy atom. The Morgan fingerprint density at radius 2 is 1.79 bits per heavy atom. The summed E-state index contributed by atoms with van der Waals surface area (Å²) < 4.78 is 5.55. The van der Waals surface area contributed by atoms with E-state index in [2.05, 4.69) is 33.0 Å². The van der Waals surface area contributed by atoms with Crippen molar-refractivity contribution in [1.82, 2.24) is 10.2 Å². The molecule has 4 nitrogen and oxygen atoms in total. The number of amides is 1. The smallest absolute Gasteiger partial charge is 0.410 e. The molecule has 0 aliphatic carbocycles. The van der Waals surface area contributed by atoms with E-state index in [9.17, 15) is 4.79 Å². The summed E-state index contributed by atoms with van der Waals surface area (Å²) >= 11 is 0. The monoisotopic (exact) mass is 270 g/mol. The normalized spacial score (nSPS) is 25.3. The highest BCUT2D eigenvalue weighted by molar-refractivity contribution is 5.69. The van der Waals surface area contributed by atoms with Gasteiger partial charge in [-0.1, -0.05) is 20.8 Å². The molecule has 0 spiro atoms. The predicted octanol–water partition coefficient (Wildman–Crippen LogP) is 3.02. The third-order valence-electron chi connectivity index (χ3n) is 3.14. The van der Waals surface area contributed by atoms with Gasteiger partial charge in [-0.15, -0.1) is 0 Å². The maximum atomic E-state index is 12.4. The first kappa shape index (κ1) is 16.3. The lowest BCUT2D eigenvalue weighted by Crippen LogP contribution is -2.59. The lowest BCUT2D eigenvalue weighted by molar-refractivity contribution is -0.00482. The fourth-order valence-corrected chi connectivity index (χ4v) is 2.54. The molecule has 1 unspecified atom stereocenters. The third kappa shape index (κ3) is 5.39. The Kier molecular flexibility index (Phi) is 4.88. The van der Waals surface area contributed by atoms with Crippen molar-refractivity contribution in [2.45, 2.75) is 72.6 Å². The summed E-state index contributed by atoms with van der Waals surface area (Å²) in [5.41, 5.74) is -0.238. The first-order chi connectivity index (χ1) is 8.49. The Bertz CT molecular complexity index is 315. The van der Waals surface area contributed by atoms with Gasteiger partial charge in [-0.2, -0.15) is 0 Å². The van der Waals surface area contributed by atoms with Gasteiger partial charge in [0.05, 0.1) is 0 Å². The minimum Gasteiger partial charge on any atom is -0.444 e. The number of ether oxygens (including phenoxy) is 1. The summed E-state index contributed by atoms with van der Waals surface area (Å²) in [7, 11) is 0. The fourth-order valence-electron chi connectivity index (χ4n) is 2.54. The number of hydrogen-bond acceptors (Lipinski definition) is 3. The number of nitrogens with zero attached hydrogens (tertiary/aromatic N) is 1. The molecule has 0 aromatic rings. The molecule has 1 aliphatic heterocycles. The van der Waals surface area contributed by atoms with Crippen LogP contribution >= 0.6 is 0 Å². The second kappa shape index (κ2) is 5.70. The van der Waals surface area contributed by atoms with Crippen molar-refractivity contribution < 1.29 is 9.53 Å². The van der Waals surface area contributed by atoms with E-state index in [4.69, 9.17) is 4.74 Å². The minimum atomic E-state index is -0.437. The summed E-state index contributed by atoms with van der Waals surface area (Å²) in [5, 5.41) is 3.41. The number of carbonyl (C=O) groups is 1. The van der Waals surface area contributed by atoms with Crippen LogP contribution in [-0.2, 0) is 4.74 Å². The van der Waals surface area contributed by atoms with Gasteiger partial charge < -0.3 is 10.1 Å². The molecule has 1 saturated heterocycles. The lowest BCUT2D eigenvalue weighted by atomic mass is 9.86. The standard InChI is InChI=1S/C15H30N2O2/c1-11-9-16-10-12(8-14(2,3)4)17(11)13(18)19-15(5,6)7/h11-12,16H,8-10H2,1-7H3/t11-,12?/m1/s1. The highest BCUT2D eigenvalue weighted by Gasteiger charge is 2.36. The van der Waals surface area contributed by atoms with Crippen LogP contribution in [0.2, 0.25) is 0 Å². The highest BCUT2D eigenvalue weighted by atomic mass is 16.6. The summed E-state index contributed by atoms with van der Waals surface area (Å²) in [6.45, 7) is 16.1. The summed E-state index contributed by atoms with van der Waals surface area (Å²) in [5.74, 6) is 0. The highest BCUT2D eigenvalue weighted by Crippen LogP contribution is 2.27. The molecule has 19 heavy (non-hydrogen) atoms. The Morgan fingerprint density at radius 1 is 1.21 bits per heavy atom. The number of carbonyl (C=O) groups excluding carboxylic acids is 1. The third-order valence-corrected chi connectivity index (χ3v) is 3.14. The van der Waals surface area contributed by atoms with Gasteiger partial charge in [0.2, 0.25) is 0 Å². The summed E-state index contributed by atoms with van der Waals surface area (Å²) in [6.07, 6.45) is 0.791. The number of rotatable bonds is 1. The number of piperazine rings is 1. The van der Waals surface area contributed by atoms with E-state index in [1.54, 1.807) is 0 Å². The zero-order valence-electron chi connectivity index (χ0n) is 13.5. The van der Waals surface area contributed by atoms with E-state index in [0.29, 0.717) is 0 Å². The van der Waals surface area contributed by atoms with Crippen LogP contribution in [0.5, 0.6) is 0 Å². The average Bonchev–Trinajstić information content (AvgIpc) is 2.11. The molecular weight excluding hydrogens is 240 g/mol. The van der Waals surface area contributed by atoms with Gasteiger partial charge >= 0.3 is 6.09 Å². The number of nitrogens with one attached hydrogen (secondary N) is 1. The SMILES string of the molecule is C[C@@H]1CNCC(CC(C)(C)C)N1C(=O)OC(C)(C)C. The van der Waals surface area contributed by atoms with E-state index in [0.717, 1.165) is 19.5 Å². The molecule has 0 aromatic carbocycles. The van der Waals surface area contributed by atoms with Crippen molar-refractivity contribution in [3.63, 3.8) is 0 Å². The molecule has 2 atom stereocenters. The lowest BCUT2D eigenvalue weighted by Gasteiger charge is -2.43. The van der Waals surface area contributed by atoms with Crippen LogP contribution in [0.1, 0.15) is 54.9 Å². The van der Waals surface area contributed by atoms with E-state index >= 15 is 0 Å². The van der Waals surface area contributed by atoms with Gasteiger partial charge in [-0.05, 0) is 39.5 Å². The van der Waals surface area contributed by atoms with Crippen molar-refractivity contribution in [1.29, 1.82) is 0 Å². The molecule has 0 aromatic heterocycles. The quantitative estimate of drug-likeness (QED) is 0.796. The second-order valence-electron chi connectivity index (χ2n) is 7.81. The van der Waals surface area contributed by atoms with Crippen molar-refractivity contribution >= 4 is 6.09 Å². The van der Waals surface area contributed by atoms with Crippen LogP contribution in [0.15, 0.2) is 0 Å². The molecule has 0 bridgehead atoms. The Balaban J connectivity index is 2.80. The number of hydrogen-bond donors (Lipinski definition) is 1. The van der Waals surface area contributed by atoms with Gasteiger partial charge in [-0.3, -0.25) is 4.90 Å². The van der Waals surface area contributed by atoms with Crippen molar-refractivity contribution in [3.8, 4) is 0 Å². The topological polar surface area (TPSA) is 41.6 Å². The van der Waals surface area contributed by atoms with Crippen LogP contribution in [0.25, 0.3) is 0 Å². The van der Waals surface area contributed by atoms with Gasteiger partial charge in [-0.25, -0.2) is 4.79 Å².